The van der Waals surface area contributed by atoms with Crippen molar-refractivity contribution in [1.82, 2.24) is 0 Å². The van der Waals surface area contributed by atoms with Crippen LogP contribution in [0.1, 0.15) is 31.2 Å². The number of nitrogens with zero attached hydrogens (tertiary/aromatic N) is 2. The molecule has 0 saturated carbocycles. The molecule has 1 fully saturated rings. The molecule has 1 aromatic rings. The average Bonchev–Trinajstić information content (AvgIpc) is 2.45. The molecular weight excluding hydrogens is 318 g/mol. The van der Waals surface area contributed by atoms with E-state index >= 15 is 0 Å². The van der Waals surface area contributed by atoms with Gasteiger partial charge in [-0.2, -0.15) is 5.26 Å². The highest BCUT2D eigenvalue weighted by Crippen LogP contribution is 2.29. The first kappa shape index (κ1) is 14.9. The summed E-state index contributed by atoms with van der Waals surface area (Å²) in [5.41, 5.74) is 6.89. The predicted octanol–water partition coefficient (Wildman–Crippen LogP) is 2.80. The van der Waals surface area contributed by atoms with Gasteiger partial charge in [-0.15, -0.1) is 0 Å². The lowest BCUT2D eigenvalue weighted by Crippen LogP contribution is -2.36. The summed E-state index contributed by atoms with van der Waals surface area (Å²) in [6.45, 7) is 1.85. The highest BCUT2D eigenvalue weighted by molar-refractivity contribution is 9.10. The summed E-state index contributed by atoms with van der Waals surface area (Å²) in [7, 11) is 0. The molecule has 5 heteroatoms. The van der Waals surface area contributed by atoms with Gasteiger partial charge >= 0.3 is 0 Å². The van der Waals surface area contributed by atoms with E-state index in [-0.39, 0.29) is 5.91 Å². The number of rotatable bonds is 4. The van der Waals surface area contributed by atoms with Gasteiger partial charge in [0, 0.05) is 24.0 Å². The molecule has 0 spiro atoms. The third-order valence-corrected chi connectivity index (χ3v) is 4.23. The molecule has 1 aliphatic rings. The molecule has 0 bridgehead atoms. The first-order valence-electron chi connectivity index (χ1n) is 6.83. The fraction of sp³-hybridized carbons (Fsp3) is 0.467. The SMILES string of the molecule is N#Cc1cc(Br)ccc1N1CCCC(CCC(N)=O)C1. The van der Waals surface area contributed by atoms with Crippen molar-refractivity contribution in [3.63, 3.8) is 0 Å². The molecule has 0 radical (unpaired) electrons. The largest absolute Gasteiger partial charge is 0.370 e. The second-order valence-electron chi connectivity index (χ2n) is 5.23. The Hall–Kier alpha value is -1.54. The number of nitrogens with two attached hydrogens (primary N) is 1. The van der Waals surface area contributed by atoms with Gasteiger partial charge in [0.15, 0.2) is 0 Å². The van der Waals surface area contributed by atoms with Gasteiger partial charge in [0.1, 0.15) is 6.07 Å². The highest BCUT2D eigenvalue weighted by atomic mass is 79.9. The Labute approximate surface area is 127 Å². The number of hydrogen-bond acceptors (Lipinski definition) is 3. The van der Waals surface area contributed by atoms with Crippen LogP contribution >= 0.6 is 15.9 Å². The molecule has 2 N–H and O–H groups in total. The van der Waals surface area contributed by atoms with Crippen LogP contribution in [0.4, 0.5) is 5.69 Å². The molecule has 0 aliphatic carbocycles. The van der Waals surface area contributed by atoms with Gasteiger partial charge in [0.2, 0.25) is 5.91 Å². The number of piperidine rings is 1. The second kappa shape index (κ2) is 6.76. The lowest BCUT2D eigenvalue weighted by atomic mass is 9.92. The van der Waals surface area contributed by atoms with E-state index in [4.69, 9.17) is 5.73 Å². The molecule has 0 aromatic heterocycles. The molecule has 1 aromatic carbocycles. The summed E-state index contributed by atoms with van der Waals surface area (Å²) in [6.07, 6.45) is 3.50. The van der Waals surface area contributed by atoms with E-state index in [0.717, 1.165) is 42.5 Å². The quantitative estimate of drug-likeness (QED) is 0.919. The number of nitriles is 1. The molecule has 2 rings (SSSR count). The molecule has 1 saturated heterocycles. The first-order valence-corrected chi connectivity index (χ1v) is 7.62. The van der Waals surface area contributed by atoms with Crippen LogP contribution < -0.4 is 10.6 Å². The molecule has 1 aliphatic heterocycles. The lowest BCUT2D eigenvalue weighted by Gasteiger charge is -2.35. The van der Waals surface area contributed by atoms with Gasteiger partial charge < -0.3 is 10.6 Å². The van der Waals surface area contributed by atoms with Crippen LogP contribution in [-0.2, 0) is 4.79 Å². The number of halogens is 1. The number of hydrogen-bond donors (Lipinski definition) is 1. The molecule has 1 amide bonds. The van der Waals surface area contributed by atoms with Crippen LogP contribution in [0.2, 0.25) is 0 Å². The Kier molecular flexibility index (Phi) is 5.02. The maximum atomic E-state index is 10.9. The fourth-order valence-corrected chi connectivity index (χ4v) is 3.10. The lowest BCUT2D eigenvalue weighted by molar-refractivity contribution is -0.118. The Morgan fingerprint density at radius 2 is 2.35 bits per heavy atom. The van der Waals surface area contributed by atoms with Crippen LogP contribution in [0.25, 0.3) is 0 Å². The molecule has 1 atom stereocenters. The Balaban J connectivity index is 2.09. The van der Waals surface area contributed by atoms with Crippen LogP contribution in [0, 0.1) is 17.2 Å². The van der Waals surface area contributed by atoms with Crippen molar-refractivity contribution in [1.29, 1.82) is 5.26 Å². The topological polar surface area (TPSA) is 70.1 Å². The summed E-state index contributed by atoms with van der Waals surface area (Å²) >= 11 is 3.39. The van der Waals surface area contributed by atoms with Gasteiger partial charge in [0.25, 0.3) is 0 Å². The van der Waals surface area contributed by atoms with E-state index in [0.29, 0.717) is 17.9 Å². The van der Waals surface area contributed by atoms with Crippen molar-refractivity contribution in [3.05, 3.63) is 28.2 Å². The van der Waals surface area contributed by atoms with Gasteiger partial charge in [-0.1, -0.05) is 15.9 Å². The van der Waals surface area contributed by atoms with Crippen molar-refractivity contribution in [2.45, 2.75) is 25.7 Å². The molecule has 1 unspecified atom stereocenters. The summed E-state index contributed by atoms with van der Waals surface area (Å²) in [5.74, 6) is 0.245. The minimum Gasteiger partial charge on any atom is -0.370 e. The Morgan fingerprint density at radius 1 is 1.55 bits per heavy atom. The minimum atomic E-state index is -0.233. The van der Waals surface area contributed by atoms with Gasteiger partial charge in [-0.05, 0) is 43.4 Å². The number of benzene rings is 1. The summed E-state index contributed by atoms with van der Waals surface area (Å²) in [6, 6.07) is 8.05. The van der Waals surface area contributed by atoms with Crippen molar-refractivity contribution < 1.29 is 4.79 Å². The smallest absolute Gasteiger partial charge is 0.217 e. The van der Waals surface area contributed by atoms with E-state index in [9.17, 15) is 10.1 Å². The van der Waals surface area contributed by atoms with E-state index in [2.05, 4.69) is 26.9 Å². The molecule has 1 heterocycles. The highest BCUT2D eigenvalue weighted by Gasteiger charge is 2.22. The van der Waals surface area contributed by atoms with E-state index < -0.39 is 0 Å². The molecular formula is C15H18BrN3O. The number of anilines is 1. The number of amides is 1. The third kappa shape index (κ3) is 3.73. The van der Waals surface area contributed by atoms with E-state index in [1.54, 1.807) is 0 Å². The van der Waals surface area contributed by atoms with Gasteiger partial charge in [-0.3, -0.25) is 4.79 Å². The summed E-state index contributed by atoms with van der Waals surface area (Å²) in [5, 5.41) is 9.26. The second-order valence-corrected chi connectivity index (χ2v) is 6.15. The fourth-order valence-electron chi connectivity index (χ4n) is 2.74. The number of carbonyl (C=O) groups is 1. The third-order valence-electron chi connectivity index (χ3n) is 3.74. The standard InChI is InChI=1S/C15H18BrN3O/c16-13-4-5-14(12(8-13)9-17)19-7-1-2-11(10-19)3-6-15(18)20/h4-5,8,11H,1-3,6-7,10H2,(H2,18,20). The first-order chi connectivity index (χ1) is 9.60. The van der Waals surface area contributed by atoms with Crippen molar-refractivity contribution in [3.8, 4) is 6.07 Å². The van der Waals surface area contributed by atoms with Gasteiger partial charge in [0.05, 0.1) is 11.3 Å². The van der Waals surface area contributed by atoms with E-state index in [1.807, 2.05) is 18.2 Å². The van der Waals surface area contributed by atoms with Crippen molar-refractivity contribution in [2.75, 3.05) is 18.0 Å². The van der Waals surface area contributed by atoms with Crippen molar-refractivity contribution in [2.24, 2.45) is 11.7 Å². The summed E-state index contributed by atoms with van der Waals surface area (Å²) < 4.78 is 0.917. The average molecular weight is 336 g/mol. The molecule has 20 heavy (non-hydrogen) atoms. The van der Waals surface area contributed by atoms with Crippen LogP contribution in [0.15, 0.2) is 22.7 Å². The van der Waals surface area contributed by atoms with Crippen LogP contribution in [-0.4, -0.2) is 19.0 Å². The zero-order valence-corrected chi connectivity index (χ0v) is 12.9. The Morgan fingerprint density at radius 3 is 3.05 bits per heavy atom. The normalized spacial score (nSPS) is 18.6. The monoisotopic (exact) mass is 335 g/mol. The molecule has 106 valence electrons. The zero-order valence-electron chi connectivity index (χ0n) is 11.3. The summed E-state index contributed by atoms with van der Waals surface area (Å²) in [4.78, 5) is 13.1. The zero-order chi connectivity index (χ0) is 14.5. The van der Waals surface area contributed by atoms with Crippen LogP contribution in [0.3, 0.4) is 0 Å². The minimum absolute atomic E-state index is 0.233. The maximum Gasteiger partial charge on any atom is 0.217 e. The van der Waals surface area contributed by atoms with Crippen molar-refractivity contribution >= 4 is 27.5 Å². The number of carbonyl (C=O) groups excluding carboxylic acids is 1. The van der Waals surface area contributed by atoms with Crippen LogP contribution in [0.5, 0.6) is 0 Å². The molecule has 4 nitrogen and oxygen atoms in total. The predicted molar refractivity (Wildman–Crippen MR) is 82.2 cm³/mol. The van der Waals surface area contributed by atoms with Gasteiger partial charge in [-0.25, -0.2) is 0 Å². The van der Waals surface area contributed by atoms with E-state index in [1.165, 1.54) is 0 Å². The number of primary amides is 1. The maximum absolute atomic E-state index is 10.9. The Bertz CT molecular complexity index is 538.